The van der Waals surface area contributed by atoms with Gasteiger partial charge in [-0.2, -0.15) is 0 Å². The Kier molecular flexibility index (Phi) is 4.50. The van der Waals surface area contributed by atoms with E-state index in [0.29, 0.717) is 22.9 Å². The first-order valence-corrected chi connectivity index (χ1v) is 9.02. The zero-order chi connectivity index (χ0) is 19.8. The molecule has 1 atom stereocenters. The number of carbonyl (C=O) groups is 1. The lowest BCUT2D eigenvalue weighted by Crippen LogP contribution is -2.40. The summed E-state index contributed by atoms with van der Waals surface area (Å²) in [6, 6.07) is 9.13. The predicted molar refractivity (Wildman–Crippen MR) is 104 cm³/mol. The molecule has 1 amide bonds. The molecule has 0 radical (unpaired) electrons. The molecule has 2 aromatic heterocycles. The summed E-state index contributed by atoms with van der Waals surface area (Å²) in [5.74, 6) is 1.79. The monoisotopic (exact) mass is 379 g/mol. The Labute approximate surface area is 162 Å². The number of rotatable bonds is 4. The average Bonchev–Trinajstić information content (AvgIpc) is 3.05. The third kappa shape index (κ3) is 2.89. The third-order valence-electron chi connectivity index (χ3n) is 4.97. The number of hydrogen-bond acceptors (Lipinski definition) is 6. The Morgan fingerprint density at radius 2 is 2.07 bits per heavy atom. The smallest absolute Gasteiger partial charge is 0.265 e. The minimum atomic E-state index is -0.244. The number of aromatic nitrogens is 2. The van der Waals surface area contributed by atoms with Crippen LogP contribution < -0.4 is 14.4 Å². The standard InChI is InChI=1S/C21H21N3O4/c1-12-21(14(3)28-23-12)15-9-19-17(10-18(15)26-4)24(20(25)11-27-19)13(2)16-7-5-6-8-22-16/h5-10,13H,11H2,1-4H3. The van der Waals surface area contributed by atoms with E-state index in [1.54, 1.807) is 18.2 Å². The van der Waals surface area contributed by atoms with Gasteiger partial charge in [-0.1, -0.05) is 11.2 Å². The molecule has 0 N–H and O–H groups in total. The minimum Gasteiger partial charge on any atom is -0.496 e. The maximum atomic E-state index is 12.7. The Morgan fingerprint density at radius 3 is 2.71 bits per heavy atom. The molecular weight excluding hydrogens is 358 g/mol. The summed E-state index contributed by atoms with van der Waals surface area (Å²) < 4.78 is 16.7. The second kappa shape index (κ2) is 6.99. The van der Waals surface area contributed by atoms with Crippen molar-refractivity contribution in [2.75, 3.05) is 18.6 Å². The molecule has 1 aromatic carbocycles. The highest BCUT2D eigenvalue weighted by atomic mass is 16.5. The summed E-state index contributed by atoms with van der Waals surface area (Å²) in [5, 5.41) is 4.03. The first-order valence-electron chi connectivity index (χ1n) is 9.02. The molecule has 0 bridgehead atoms. The van der Waals surface area contributed by atoms with Crippen LogP contribution in [0.1, 0.15) is 30.1 Å². The molecule has 0 saturated heterocycles. The van der Waals surface area contributed by atoms with E-state index in [1.165, 1.54) is 0 Å². The van der Waals surface area contributed by atoms with Crippen LogP contribution in [0.5, 0.6) is 11.5 Å². The molecule has 1 aliphatic rings. The van der Waals surface area contributed by atoms with Gasteiger partial charge in [-0.3, -0.25) is 14.7 Å². The van der Waals surface area contributed by atoms with Crippen LogP contribution in [0.15, 0.2) is 41.1 Å². The van der Waals surface area contributed by atoms with Crippen molar-refractivity contribution in [3.05, 3.63) is 53.7 Å². The van der Waals surface area contributed by atoms with E-state index < -0.39 is 0 Å². The highest BCUT2D eigenvalue weighted by molar-refractivity contribution is 5.99. The minimum absolute atomic E-state index is 0.0302. The largest absolute Gasteiger partial charge is 0.496 e. The number of nitrogens with zero attached hydrogens (tertiary/aromatic N) is 3. The number of anilines is 1. The van der Waals surface area contributed by atoms with Crippen LogP contribution in [-0.2, 0) is 4.79 Å². The molecule has 4 rings (SSSR count). The second-order valence-electron chi connectivity index (χ2n) is 6.70. The van der Waals surface area contributed by atoms with Gasteiger partial charge in [0.05, 0.1) is 35.8 Å². The van der Waals surface area contributed by atoms with Crippen molar-refractivity contribution in [1.29, 1.82) is 0 Å². The molecule has 0 spiro atoms. The molecule has 0 saturated carbocycles. The average molecular weight is 379 g/mol. The lowest BCUT2D eigenvalue weighted by atomic mass is 10.0. The molecule has 0 fully saturated rings. The number of hydrogen-bond donors (Lipinski definition) is 0. The number of pyridine rings is 1. The predicted octanol–water partition coefficient (Wildman–Crippen LogP) is 3.85. The Hall–Kier alpha value is -3.35. The summed E-state index contributed by atoms with van der Waals surface area (Å²) >= 11 is 0. The van der Waals surface area contributed by atoms with Crippen LogP contribution in [0.25, 0.3) is 11.1 Å². The van der Waals surface area contributed by atoms with Crippen molar-refractivity contribution in [2.24, 2.45) is 0 Å². The lowest BCUT2D eigenvalue weighted by molar-refractivity contribution is -0.121. The highest BCUT2D eigenvalue weighted by Crippen LogP contribution is 2.45. The zero-order valence-corrected chi connectivity index (χ0v) is 16.2. The Morgan fingerprint density at radius 1 is 1.25 bits per heavy atom. The summed E-state index contributed by atoms with van der Waals surface area (Å²) in [4.78, 5) is 18.8. The van der Waals surface area contributed by atoms with Crippen LogP contribution in [0, 0.1) is 13.8 Å². The van der Waals surface area contributed by atoms with E-state index in [4.69, 9.17) is 14.0 Å². The molecule has 3 heterocycles. The van der Waals surface area contributed by atoms with Gasteiger partial charge in [0.15, 0.2) is 6.61 Å². The molecular formula is C21H21N3O4. The van der Waals surface area contributed by atoms with E-state index in [2.05, 4.69) is 10.1 Å². The van der Waals surface area contributed by atoms with Gasteiger partial charge < -0.3 is 14.0 Å². The molecule has 7 nitrogen and oxygen atoms in total. The fourth-order valence-electron chi connectivity index (χ4n) is 3.61. The number of aryl methyl sites for hydroxylation is 2. The van der Waals surface area contributed by atoms with Gasteiger partial charge in [0.25, 0.3) is 5.91 Å². The van der Waals surface area contributed by atoms with E-state index in [1.807, 2.05) is 51.1 Å². The highest BCUT2D eigenvalue weighted by Gasteiger charge is 2.33. The van der Waals surface area contributed by atoms with Crippen molar-refractivity contribution in [1.82, 2.24) is 10.1 Å². The Bertz CT molecular complexity index is 1010. The molecule has 0 aliphatic carbocycles. The van der Waals surface area contributed by atoms with Gasteiger partial charge in [-0.05, 0) is 39.0 Å². The van der Waals surface area contributed by atoms with Crippen LogP contribution >= 0.6 is 0 Å². The van der Waals surface area contributed by atoms with Gasteiger partial charge in [0, 0.05) is 17.8 Å². The quantitative estimate of drug-likeness (QED) is 0.685. The summed E-state index contributed by atoms with van der Waals surface area (Å²) in [7, 11) is 1.60. The number of benzene rings is 1. The Balaban J connectivity index is 1.85. The molecule has 1 aliphatic heterocycles. The van der Waals surface area contributed by atoms with Gasteiger partial charge in [-0.25, -0.2) is 0 Å². The van der Waals surface area contributed by atoms with Crippen molar-refractivity contribution in [3.8, 4) is 22.6 Å². The molecule has 7 heteroatoms. The summed E-state index contributed by atoms with van der Waals surface area (Å²) in [6.45, 7) is 5.65. The summed E-state index contributed by atoms with van der Waals surface area (Å²) in [6.07, 6.45) is 1.72. The van der Waals surface area contributed by atoms with Crippen LogP contribution in [0.4, 0.5) is 5.69 Å². The molecule has 1 unspecified atom stereocenters. The van der Waals surface area contributed by atoms with Crippen molar-refractivity contribution < 1.29 is 18.8 Å². The van der Waals surface area contributed by atoms with E-state index in [9.17, 15) is 4.79 Å². The topological polar surface area (TPSA) is 77.7 Å². The number of ether oxygens (including phenoxy) is 2. The van der Waals surface area contributed by atoms with E-state index in [0.717, 1.165) is 22.5 Å². The fourth-order valence-corrected chi connectivity index (χ4v) is 3.61. The van der Waals surface area contributed by atoms with Crippen LogP contribution in [0.2, 0.25) is 0 Å². The maximum absolute atomic E-state index is 12.7. The lowest BCUT2D eigenvalue weighted by Gasteiger charge is -2.34. The number of carbonyl (C=O) groups excluding carboxylic acids is 1. The van der Waals surface area contributed by atoms with Crippen molar-refractivity contribution >= 4 is 11.6 Å². The maximum Gasteiger partial charge on any atom is 0.265 e. The first kappa shape index (κ1) is 18.0. The van der Waals surface area contributed by atoms with Gasteiger partial charge in [0.2, 0.25) is 0 Å². The second-order valence-corrected chi connectivity index (χ2v) is 6.70. The van der Waals surface area contributed by atoms with Gasteiger partial charge in [-0.15, -0.1) is 0 Å². The molecule has 28 heavy (non-hydrogen) atoms. The zero-order valence-electron chi connectivity index (χ0n) is 16.2. The SMILES string of the molecule is COc1cc2c(cc1-c1c(C)noc1C)OCC(=O)N2C(C)c1ccccn1. The van der Waals surface area contributed by atoms with Crippen LogP contribution in [0.3, 0.4) is 0 Å². The summed E-state index contributed by atoms with van der Waals surface area (Å²) in [5.41, 5.74) is 3.90. The van der Waals surface area contributed by atoms with E-state index in [-0.39, 0.29) is 18.6 Å². The van der Waals surface area contributed by atoms with Crippen LogP contribution in [-0.4, -0.2) is 29.8 Å². The van der Waals surface area contributed by atoms with Gasteiger partial charge in [0.1, 0.15) is 17.3 Å². The number of amides is 1. The third-order valence-corrected chi connectivity index (χ3v) is 4.97. The van der Waals surface area contributed by atoms with Crippen molar-refractivity contribution in [3.63, 3.8) is 0 Å². The van der Waals surface area contributed by atoms with Crippen molar-refractivity contribution in [2.45, 2.75) is 26.8 Å². The number of methoxy groups -OCH3 is 1. The molecule has 3 aromatic rings. The normalized spacial score (nSPS) is 14.4. The molecule has 144 valence electrons. The number of fused-ring (bicyclic) bond motifs is 1. The first-order chi connectivity index (χ1) is 13.5. The van der Waals surface area contributed by atoms with Gasteiger partial charge >= 0.3 is 0 Å². The fraction of sp³-hybridized carbons (Fsp3) is 0.286. The van der Waals surface area contributed by atoms with E-state index >= 15 is 0 Å².